The molecule has 2 rings (SSSR count). The summed E-state index contributed by atoms with van der Waals surface area (Å²) < 4.78 is 44.6. The molecule has 0 spiro atoms. The Kier molecular flexibility index (Phi) is 9.47. The molecule has 1 aromatic carbocycles. The van der Waals surface area contributed by atoms with Crippen molar-refractivity contribution in [1.82, 2.24) is 4.90 Å². The number of piperazine rings is 1. The van der Waals surface area contributed by atoms with Gasteiger partial charge in [-0.15, -0.1) is 0 Å². The molecular formula is C17H24BF3IKN2O2. The molecular weight excluding hydrogens is 498 g/mol. The van der Waals surface area contributed by atoms with E-state index in [-0.39, 0.29) is 63.0 Å². The van der Waals surface area contributed by atoms with Gasteiger partial charge in [0.25, 0.3) is 0 Å². The number of hydrogen-bond acceptors (Lipinski definition) is 3. The standard InChI is InChI=1S/C17H24BF3IN2O2.K/c1-12-14(22)9-13(11-18(19,20)21)10-15(12)23-5-7-24(8-6-23)16(25)26-17(2,3)4;/h9-10H,5-8,11H2,1-4H3;/q-1;+1. The summed E-state index contributed by atoms with van der Waals surface area (Å²) in [7, 11) is 0. The van der Waals surface area contributed by atoms with Gasteiger partial charge in [-0.2, -0.15) is 0 Å². The van der Waals surface area contributed by atoms with Crippen LogP contribution in [0.5, 0.6) is 0 Å². The fourth-order valence-corrected chi connectivity index (χ4v) is 3.57. The molecule has 1 saturated heterocycles. The summed E-state index contributed by atoms with van der Waals surface area (Å²) in [4.78, 5) is 15.8. The Hall–Kier alpha value is 0.511. The fourth-order valence-electron chi connectivity index (χ4n) is 2.89. The molecule has 1 heterocycles. The van der Waals surface area contributed by atoms with Gasteiger partial charge in [0, 0.05) is 35.4 Å². The first-order chi connectivity index (χ1) is 11.9. The van der Waals surface area contributed by atoms with Crippen molar-refractivity contribution >= 4 is 41.3 Å². The van der Waals surface area contributed by atoms with E-state index in [0.29, 0.717) is 26.2 Å². The van der Waals surface area contributed by atoms with E-state index < -0.39 is 18.9 Å². The van der Waals surface area contributed by atoms with Crippen LogP contribution in [0.25, 0.3) is 0 Å². The van der Waals surface area contributed by atoms with Crippen molar-refractivity contribution in [2.75, 3.05) is 31.1 Å². The molecule has 0 bridgehead atoms. The second kappa shape index (κ2) is 10.0. The third-order valence-corrected chi connectivity index (χ3v) is 5.24. The van der Waals surface area contributed by atoms with Gasteiger partial charge in [0.2, 0.25) is 0 Å². The van der Waals surface area contributed by atoms with Crippen LogP contribution in [0, 0.1) is 10.5 Å². The number of carbonyl (C=O) groups excluding carboxylic acids is 1. The molecule has 27 heavy (non-hydrogen) atoms. The average Bonchev–Trinajstić information content (AvgIpc) is 2.47. The van der Waals surface area contributed by atoms with Crippen LogP contribution in [0.3, 0.4) is 0 Å². The van der Waals surface area contributed by atoms with Gasteiger partial charge in [0.15, 0.2) is 0 Å². The van der Waals surface area contributed by atoms with E-state index >= 15 is 0 Å². The topological polar surface area (TPSA) is 32.8 Å². The minimum absolute atomic E-state index is 0. The third kappa shape index (κ3) is 8.04. The summed E-state index contributed by atoms with van der Waals surface area (Å²) in [5.74, 6) is 0. The summed E-state index contributed by atoms with van der Waals surface area (Å²) in [6.07, 6.45) is -1.22. The second-order valence-corrected chi connectivity index (χ2v) is 8.75. The molecule has 1 aliphatic heterocycles. The Morgan fingerprint density at radius 3 is 2.22 bits per heavy atom. The number of anilines is 1. The summed E-state index contributed by atoms with van der Waals surface area (Å²) in [5.41, 5.74) is 1.52. The SMILES string of the molecule is Cc1c(I)cc(C[B-](F)(F)F)cc1N1CCN(C(=O)OC(C)(C)C)CC1.[K+]. The molecule has 0 radical (unpaired) electrons. The molecule has 4 nitrogen and oxygen atoms in total. The Balaban J connectivity index is 0.00000364. The number of halogens is 4. The van der Waals surface area contributed by atoms with E-state index in [1.807, 2.05) is 32.6 Å². The Morgan fingerprint density at radius 1 is 1.19 bits per heavy atom. The van der Waals surface area contributed by atoms with Crippen molar-refractivity contribution in [1.29, 1.82) is 0 Å². The van der Waals surface area contributed by atoms with Gasteiger partial charge >= 0.3 is 64.5 Å². The molecule has 1 amide bonds. The maximum Gasteiger partial charge on any atom is 1.00 e. The van der Waals surface area contributed by atoms with Crippen LogP contribution < -0.4 is 56.3 Å². The van der Waals surface area contributed by atoms with Crippen LogP contribution >= 0.6 is 22.6 Å². The van der Waals surface area contributed by atoms with Gasteiger partial charge in [-0.1, -0.05) is 11.9 Å². The maximum atomic E-state index is 12.8. The smallest absolute Gasteiger partial charge is 0.449 e. The normalized spacial score (nSPS) is 15.4. The average molecular weight is 522 g/mol. The Bertz CT molecular complexity index is 675. The van der Waals surface area contributed by atoms with Crippen LogP contribution in [0.15, 0.2) is 12.1 Å². The molecule has 0 aliphatic carbocycles. The van der Waals surface area contributed by atoms with Crippen molar-refractivity contribution in [3.05, 3.63) is 26.8 Å². The number of amides is 1. The van der Waals surface area contributed by atoms with E-state index in [2.05, 4.69) is 22.6 Å². The Labute approximate surface area is 215 Å². The van der Waals surface area contributed by atoms with E-state index in [4.69, 9.17) is 4.74 Å². The number of rotatable bonds is 3. The molecule has 1 fully saturated rings. The third-order valence-electron chi connectivity index (χ3n) is 4.12. The van der Waals surface area contributed by atoms with Crippen LogP contribution in [-0.2, 0) is 11.1 Å². The van der Waals surface area contributed by atoms with E-state index in [0.717, 1.165) is 14.8 Å². The first kappa shape index (κ1) is 25.5. The number of ether oxygens (including phenoxy) is 1. The number of hydrogen-bond donors (Lipinski definition) is 0. The monoisotopic (exact) mass is 522 g/mol. The molecule has 0 unspecified atom stereocenters. The molecule has 0 saturated carbocycles. The first-order valence-electron chi connectivity index (χ1n) is 8.58. The minimum Gasteiger partial charge on any atom is -0.449 e. The zero-order chi connectivity index (χ0) is 19.7. The number of nitrogens with zero attached hydrogens (tertiary/aromatic N) is 2. The zero-order valence-corrected chi connectivity index (χ0v) is 21.8. The van der Waals surface area contributed by atoms with E-state index in [1.165, 1.54) is 0 Å². The quantitative estimate of drug-likeness (QED) is 0.447. The van der Waals surface area contributed by atoms with Gasteiger partial charge < -0.3 is 27.5 Å². The zero-order valence-electron chi connectivity index (χ0n) is 16.5. The van der Waals surface area contributed by atoms with Gasteiger partial charge in [0.05, 0.1) is 0 Å². The van der Waals surface area contributed by atoms with Crippen molar-refractivity contribution in [2.45, 2.75) is 39.6 Å². The number of carbonyl (C=O) groups is 1. The molecule has 0 atom stereocenters. The van der Waals surface area contributed by atoms with Crippen LogP contribution in [0.2, 0.25) is 0 Å². The molecule has 146 valence electrons. The van der Waals surface area contributed by atoms with E-state index in [9.17, 15) is 17.7 Å². The van der Waals surface area contributed by atoms with Gasteiger partial charge in [-0.05, 0) is 68.0 Å². The van der Waals surface area contributed by atoms with Crippen molar-refractivity contribution in [3.8, 4) is 0 Å². The number of benzene rings is 1. The minimum atomic E-state index is -4.87. The van der Waals surface area contributed by atoms with Crippen molar-refractivity contribution in [2.24, 2.45) is 0 Å². The Morgan fingerprint density at radius 2 is 1.74 bits per heavy atom. The van der Waals surface area contributed by atoms with Crippen molar-refractivity contribution in [3.63, 3.8) is 0 Å². The molecule has 1 aliphatic rings. The first-order valence-corrected chi connectivity index (χ1v) is 9.66. The largest absolute Gasteiger partial charge is 1.00 e. The van der Waals surface area contributed by atoms with Crippen LogP contribution in [0.4, 0.5) is 23.4 Å². The summed E-state index contributed by atoms with van der Waals surface area (Å²) in [6, 6.07) is 3.24. The van der Waals surface area contributed by atoms with E-state index in [1.54, 1.807) is 17.0 Å². The maximum absolute atomic E-state index is 12.8. The molecule has 0 N–H and O–H groups in total. The van der Waals surface area contributed by atoms with Gasteiger partial charge in [-0.25, -0.2) is 4.79 Å². The summed E-state index contributed by atoms with van der Waals surface area (Å²) in [6.45, 7) is 4.61. The van der Waals surface area contributed by atoms with Crippen LogP contribution in [0.1, 0.15) is 31.9 Å². The molecule has 0 aromatic heterocycles. The van der Waals surface area contributed by atoms with Gasteiger partial charge in [-0.3, -0.25) is 0 Å². The predicted molar refractivity (Wildman–Crippen MR) is 107 cm³/mol. The summed E-state index contributed by atoms with van der Waals surface area (Å²) in [5, 5.41) is 0. The molecule has 10 heteroatoms. The van der Waals surface area contributed by atoms with Crippen LogP contribution in [-0.4, -0.2) is 49.8 Å². The van der Waals surface area contributed by atoms with Crippen molar-refractivity contribution < 1.29 is 73.9 Å². The molecule has 1 aromatic rings. The van der Waals surface area contributed by atoms with Gasteiger partial charge in [0.1, 0.15) is 5.60 Å². The predicted octanol–water partition coefficient (Wildman–Crippen LogP) is 1.59. The second-order valence-electron chi connectivity index (χ2n) is 7.59. The summed E-state index contributed by atoms with van der Waals surface area (Å²) >= 11 is 2.08. The fraction of sp³-hybridized carbons (Fsp3) is 0.588.